The summed E-state index contributed by atoms with van der Waals surface area (Å²) in [4.78, 5) is 0. The molecule has 3 heteroatoms. The quantitative estimate of drug-likeness (QED) is 0.430. The molecule has 0 atom stereocenters. The maximum atomic E-state index is 5.57. The topological polar surface area (TPSA) is 18.5 Å². The summed E-state index contributed by atoms with van der Waals surface area (Å²) >= 11 is 0. The van der Waals surface area contributed by atoms with Crippen molar-refractivity contribution in [2.45, 2.75) is 52.6 Å². The normalized spacial score (nSPS) is 11.0. The van der Waals surface area contributed by atoms with E-state index in [4.69, 9.17) is 8.85 Å². The summed E-state index contributed by atoms with van der Waals surface area (Å²) in [6, 6.07) is 0. The molecule has 12 heavy (non-hydrogen) atoms. The van der Waals surface area contributed by atoms with Gasteiger partial charge in [0, 0.05) is 12.7 Å². The van der Waals surface area contributed by atoms with E-state index in [0.29, 0.717) is 6.10 Å². The zero-order valence-electron chi connectivity index (χ0n) is 8.43. The highest BCUT2D eigenvalue weighted by Gasteiger charge is 2.07. The van der Waals surface area contributed by atoms with Gasteiger partial charge in [0.25, 0.3) is 0 Å². The Kier molecular flexibility index (Phi) is 9.33. The first kappa shape index (κ1) is 12.1. The molecule has 72 valence electrons. The van der Waals surface area contributed by atoms with Crippen molar-refractivity contribution in [2.24, 2.45) is 0 Å². The van der Waals surface area contributed by atoms with E-state index in [-0.39, 0.29) is 10.0 Å². The van der Waals surface area contributed by atoms with E-state index >= 15 is 0 Å². The van der Waals surface area contributed by atoms with Crippen molar-refractivity contribution >= 4 is 10.0 Å². The molecule has 0 aromatic heterocycles. The van der Waals surface area contributed by atoms with Crippen molar-refractivity contribution in [3.63, 3.8) is 0 Å². The molecular formula is C9H20O2Si. The van der Waals surface area contributed by atoms with Crippen molar-refractivity contribution in [1.29, 1.82) is 0 Å². The molecule has 0 amide bonds. The Morgan fingerprint density at radius 3 is 2.08 bits per heavy atom. The first-order valence-corrected chi connectivity index (χ1v) is 5.69. The zero-order valence-corrected chi connectivity index (χ0v) is 9.43. The second-order valence-corrected chi connectivity index (χ2v) is 3.52. The fourth-order valence-electron chi connectivity index (χ4n) is 1.07. The third kappa shape index (κ3) is 6.82. The summed E-state index contributed by atoms with van der Waals surface area (Å²) < 4.78 is 10.7. The van der Waals surface area contributed by atoms with E-state index in [2.05, 4.69) is 13.8 Å². The average Bonchev–Trinajstić information content (AvgIpc) is 2.06. The molecule has 0 fully saturated rings. The smallest absolute Gasteiger partial charge is 0.393 e. The van der Waals surface area contributed by atoms with Gasteiger partial charge in [0.15, 0.2) is 0 Å². The lowest BCUT2D eigenvalue weighted by Crippen LogP contribution is -2.17. The van der Waals surface area contributed by atoms with Gasteiger partial charge in [-0.1, -0.05) is 26.7 Å². The molecule has 0 aliphatic rings. The molecule has 0 rings (SSSR count). The van der Waals surface area contributed by atoms with Crippen LogP contribution < -0.4 is 0 Å². The summed E-state index contributed by atoms with van der Waals surface area (Å²) in [5.74, 6) is 0. The van der Waals surface area contributed by atoms with Crippen molar-refractivity contribution in [3.05, 3.63) is 0 Å². The SMILES string of the molecule is CCCC(CCC)O[Si]OCC. The van der Waals surface area contributed by atoms with Gasteiger partial charge in [0.2, 0.25) is 0 Å². The molecule has 0 saturated heterocycles. The third-order valence-electron chi connectivity index (χ3n) is 1.64. The minimum absolute atomic E-state index is 0.232. The lowest BCUT2D eigenvalue weighted by molar-refractivity contribution is 0.142. The summed E-state index contributed by atoms with van der Waals surface area (Å²) in [7, 11) is 0.232. The van der Waals surface area contributed by atoms with Gasteiger partial charge in [-0.15, -0.1) is 0 Å². The van der Waals surface area contributed by atoms with Gasteiger partial charge < -0.3 is 8.85 Å². The summed E-state index contributed by atoms with van der Waals surface area (Å²) in [5.41, 5.74) is 0. The van der Waals surface area contributed by atoms with Gasteiger partial charge in [-0.05, 0) is 19.8 Å². The third-order valence-corrected chi connectivity index (χ3v) is 2.48. The van der Waals surface area contributed by atoms with Crippen molar-refractivity contribution in [2.75, 3.05) is 6.61 Å². The average molecular weight is 188 g/mol. The predicted molar refractivity (Wildman–Crippen MR) is 52.1 cm³/mol. The zero-order chi connectivity index (χ0) is 9.23. The van der Waals surface area contributed by atoms with Crippen LogP contribution in [0.15, 0.2) is 0 Å². The van der Waals surface area contributed by atoms with Crippen LogP contribution >= 0.6 is 0 Å². The molecule has 0 aromatic rings. The minimum Gasteiger partial charge on any atom is -0.393 e. The minimum atomic E-state index is 0.232. The fourth-order valence-corrected chi connectivity index (χ4v) is 1.62. The molecular weight excluding hydrogens is 168 g/mol. The van der Waals surface area contributed by atoms with Crippen LogP contribution in [0, 0.1) is 0 Å². The van der Waals surface area contributed by atoms with Crippen molar-refractivity contribution in [1.82, 2.24) is 0 Å². The Morgan fingerprint density at radius 1 is 1.08 bits per heavy atom. The van der Waals surface area contributed by atoms with Gasteiger partial charge in [0.1, 0.15) is 0 Å². The summed E-state index contributed by atoms with van der Waals surface area (Å²) in [6.07, 6.45) is 5.13. The predicted octanol–water partition coefficient (Wildman–Crippen LogP) is 2.54. The largest absolute Gasteiger partial charge is 0.433 e. The van der Waals surface area contributed by atoms with E-state index in [1.807, 2.05) is 6.92 Å². The number of hydrogen-bond acceptors (Lipinski definition) is 2. The van der Waals surface area contributed by atoms with E-state index in [1.54, 1.807) is 0 Å². The second kappa shape index (κ2) is 9.23. The Labute approximate surface area is 78.7 Å². The van der Waals surface area contributed by atoms with Crippen molar-refractivity contribution < 1.29 is 8.85 Å². The van der Waals surface area contributed by atoms with E-state index < -0.39 is 0 Å². The molecule has 0 heterocycles. The Morgan fingerprint density at radius 2 is 1.67 bits per heavy atom. The van der Waals surface area contributed by atoms with Crippen LogP contribution in [-0.4, -0.2) is 22.7 Å². The van der Waals surface area contributed by atoms with Crippen LogP contribution in [0.25, 0.3) is 0 Å². The molecule has 0 spiro atoms. The highest BCUT2D eigenvalue weighted by molar-refractivity contribution is 6.18. The molecule has 2 radical (unpaired) electrons. The second-order valence-electron chi connectivity index (χ2n) is 2.83. The molecule has 0 unspecified atom stereocenters. The van der Waals surface area contributed by atoms with Gasteiger partial charge >= 0.3 is 10.0 Å². The highest BCUT2D eigenvalue weighted by atomic mass is 28.3. The lowest BCUT2D eigenvalue weighted by atomic mass is 10.1. The fraction of sp³-hybridized carbons (Fsp3) is 1.00. The maximum Gasteiger partial charge on any atom is 0.433 e. The van der Waals surface area contributed by atoms with Gasteiger partial charge in [-0.2, -0.15) is 0 Å². The molecule has 0 aromatic carbocycles. The van der Waals surface area contributed by atoms with Gasteiger partial charge in [-0.25, -0.2) is 0 Å². The molecule has 2 nitrogen and oxygen atoms in total. The van der Waals surface area contributed by atoms with Crippen LogP contribution in [0.3, 0.4) is 0 Å². The Balaban J connectivity index is 3.34. The number of rotatable bonds is 8. The molecule has 0 aliphatic carbocycles. The molecule has 0 bridgehead atoms. The maximum absolute atomic E-state index is 5.57. The van der Waals surface area contributed by atoms with E-state index in [1.165, 1.54) is 12.8 Å². The lowest BCUT2D eigenvalue weighted by Gasteiger charge is -2.14. The van der Waals surface area contributed by atoms with E-state index in [0.717, 1.165) is 19.4 Å². The van der Waals surface area contributed by atoms with Gasteiger partial charge in [0.05, 0.1) is 0 Å². The van der Waals surface area contributed by atoms with Crippen molar-refractivity contribution in [3.8, 4) is 0 Å². The van der Waals surface area contributed by atoms with Crippen LogP contribution in [0.4, 0.5) is 0 Å². The highest BCUT2D eigenvalue weighted by Crippen LogP contribution is 2.08. The number of hydrogen-bond donors (Lipinski definition) is 0. The molecule has 0 saturated carbocycles. The van der Waals surface area contributed by atoms with E-state index in [9.17, 15) is 0 Å². The van der Waals surface area contributed by atoms with Crippen LogP contribution in [0.5, 0.6) is 0 Å². The van der Waals surface area contributed by atoms with Gasteiger partial charge in [-0.3, -0.25) is 0 Å². The Bertz CT molecular complexity index is 82.6. The Hall–Kier alpha value is 0.137. The first-order chi connectivity index (χ1) is 5.85. The molecule has 0 N–H and O–H groups in total. The summed E-state index contributed by atoms with van der Waals surface area (Å²) in [6.45, 7) is 7.13. The van der Waals surface area contributed by atoms with Crippen LogP contribution in [0.2, 0.25) is 0 Å². The standard InChI is InChI=1S/C9H20O2Si/c1-4-7-9(8-5-2)11-12-10-6-3/h9H,4-8H2,1-3H3. The first-order valence-electron chi connectivity index (χ1n) is 4.87. The molecule has 0 aliphatic heterocycles. The van der Waals surface area contributed by atoms with Crippen LogP contribution in [-0.2, 0) is 8.85 Å². The summed E-state index contributed by atoms with van der Waals surface area (Å²) in [5, 5.41) is 0. The van der Waals surface area contributed by atoms with Crippen LogP contribution in [0.1, 0.15) is 46.5 Å². The monoisotopic (exact) mass is 188 g/mol.